The van der Waals surface area contributed by atoms with Crippen molar-refractivity contribution < 1.29 is 14.7 Å². The van der Waals surface area contributed by atoms with Crippen molar-refractivity contribution in [1.82, 2.24) is 10.6 Å². The average Bonchev–Trinajstić information content (AvgIpc) is 2.58. The summed E-state index contributed by atoms with van der Waals surface area (Å²) < 4.78 is 0. The lowest BCUT2D eigenvalue weighted by Crippen LogP contribution is -2.53. The first kappa shape index (κ1) is 14.8. The summed E-state index contributed by atoms with van der Waals surface area (Å²) in [6.45, 7) is 7.55. The zero-order chi connectivity index (χ0) is 13.9. The number of urea groups is 1. The van der Waals surface area contributed by atoms with Gasteiger partial charge in [0.25, 0.3) is 0 Å². The zero-order valence-corrected chi connectivity index (χ0v) is 11.6. The number of rotatable bonds is 3. The van der Waals surface area contributed by atoms with Gasteiger partial charge >= 0.3 is 12.0 Å². The van der Waals surface area contributed by atoms with E-state index < -0.39 is 17.4 Å². The number of aliphatic carboxylic acids is 1. The van der Waals surface area contributed by atoms with E-state index in [-0.39, 0.29) is 12.1 Å². The molecule has 0 radical (unpaired) electrons. The molecule has 18 heavy (non-hydrogen) atoms. The van der Waals surface area contributed by atoms with E-state index in [4.69, 9.17) is 5.11 Å². The third-order valence-corrected chi connectivity index (χ3v) is 3.42. The predicted octanol–water partition coefficient (Wildman–Crippen LogP) is 1.97. The van der Waals surface area contributed by atoms with E-state index in [1.165, 1.54) is 0 Å². The maximum Gasteiger partial charge on any atom is 0.326 e. The lowest BCUT2D eigenvalue weighted by molar-refractivity contribution is -0.141. The predicted molar refractivity (Wildman–Crippen MR) is 69.3 cm³/mol. The Balaban J connectivity index is 2.49. The van der Waals surface area contributed by atoms with Crippen molar-refractivity contribution in [3.8, 4) is 0 Å². The van der Waals surface area contributed by atoms with Crippen molar-refractivity contribution in [3.05, 3.63) is 0 Å². The Morgan fingerprint density at radius 1 is 1.28 bits per heavy atom. The number of carboxylic acid groups (broad SMARTS) is 1. The molecule has 1 aliphatic carbocycles. The van der Waals surface area contributed by atoms with E-state index in [0.29, 0.717) is 5.92 Å². The van der Waals surface area contributed by atoms with Crippen LogP contribution < -0.4 is 10.6 Å². The lowest BCUT2D eigenvalue weighted by atomic mass is 9.87. The Morgan fingerprint density at radius 2 is 1.89 bits per heavy atom. The van der Waals surface area contributed by atoms with Gasteiger partial charge in [-0.25, -0.2) is 9.59 Å². The summed E-state index contributed by atoms with van der Waals surface area (Å²) >= 11 is 0. The van der Waals surface area contributed by atoms with Crippen molar-refractivity contribution in [2.24, 2.45) is 11.3 Å². The van der Waals surface area contributed by atoms with Crippen LogP contribution in [0.25, 0.3) is 0 Å². The van der Waals surface area contributed by atoms with E-state index in [2.05, 4.69) is 17.6 Å². The number of amides is 2. The van der Waals surface area contributed by atoms with E-state index in [0.717, 1.165) is 19.3 Å². The van der Waals surface area contributed by atoms with Gasteiger partial charge < -0.3 is 15.7 Å². The fourth-order valence-corrected chi connectivity index (χ4v) is 2.35. The quantitative estimate of drug-likeness (QED) is 0.722. The summed E-state index contributed by atoms with van der Waals surface area (Å²) in [7, 11) is 0. The van der Waals surface area contributed by atoms with Crippen LogP contribution >= 0.6 is 0 Å². The fourth-order valence-electron chi connectivity index (χ4n) is 2.35. The molecule has 5 heteroatoms. The highest BCUT2D eigenvalue weighted by Gasteiger charge is 2.33. The molecule has 5 nitrogen and oxygen atoms in total. The number of hydrogen-bond acceptors (Lipinski definition) is 2. The second kappa shape index (κ2) is 5.59. The third-order valence-electron chi connectivity index (χ3n) is 3.42. The van der Waals surface area contributed by atoms with Gasteiger partial charge in [0.1, 0.15) is 6.04 Å². The van der Waals surface area contributed by atoms with Crippen molar-refractivity contribution in [1.29, 1.82) is 0 Å². The van der Waals surface area contributed by atoms with Crippen LogP contribution in [0.4, 0.5) is 4.79 Å². The Hall–Kier alpha value is -1.26. The number of nitrogens with one attached hydrogen (secondary N) is 2. The van der Waals surface area contributed by atoms with Crippen LogP contribution in [-0.4, -0.2) is 29.2 Å². The third kappa shape index (κ3) is 4.20. The Kier molecular flexibility index (Phi) is 4.59. The van der Waals surface area contributed by atoms with Crippen LogP contribution in [0.5, 0.6) is 0 Å². The second-order valence-electron chi connectivity index (χ2n) is 6.37. The van der Waals surface area contributed by atoms with Gasteiger partial charge in [0.15, 0.2) is 0 Å². The molecule has 0 spiro atoms. The molecular weight excluding hydrogens is 232 g/mol. The molecule has 1 rings (SSSR count). The molecule has 3 atom stereocenters. The largest absolute Gasteiger partial charge is 0.480 e. The molecule has 0 bridgehead atoms. The molecule has 1 saturated carbocycles. The minimum atomic E-state index is -1.00. The first-order valence-corrected chi connectivity index (χ1v) is 6.50. The molecule has 0 aromatic carbocycles. The molecule has 0 saturated heterocycles. The Labute approximate surface area is 108 Å². The Morgan fingerprint density at radius 3 is 2.28 bits per heavy atom. The molecular formula is C13H24N2O3. The van der Waals surface area contributed by atoms with Gasteiger partial charge in [-0.15, -0.1) is 0 Å². The molecule has 0 aromatic heterocycles. The van der Waals surface area contributed by atoms with Gasteiger partial charge in [-0.2, -0.15) is 0 Å². The number of carbonyl (C=O) groups is 2. The van der Waals surface area contributed by atoms with Crippen molar-refractivity contribution >= 4 is 12.0 Å². The molecule has 1 aliphatic rings. The van der Waals surface area contributed by atoms with Crippen LogP contribution in [0.2, 0.25) is 0 Å². The molecule has 3 N–H and O–H groups in total. The molecule has 1 fully saturated rings. The molecule has 104 valence electrons. The SMILES string of the molecule is CC1CCC(NC(=O)NC(C(=O)O)C(C)(C)C)C1. The molecule has 0 heterocycles. The molecule has 0 aromatic rings. The van der Waals surface area contributed by atoms with Crippen LogP contribution in [0.1, 0.15) is 47.0 Å². The van der Waals surface area contributed by atoms with E-state index in [1.807, 2.05) is 0 Å². The molecule has 0 aliphatic heterocycles. The molecule has 3 unspecified atom stereocenters. The monoisotopic (exact) mass is 256 g/mol. The van der Waals surface area contributed by atoms with Crippen LogP contribution in [0, 0.1) is 11.3 Å². The summed E-state index contributed by atoms with van der Waals surface area (Å²) in [6, 6.07) is -1.08. The zero-order valence-electron chi connectivity index (χ0n) is 11.6. The summed E-state index contributed by atoms with van der Waals surface area (Å²) in [5.41, 5.74) is -0.508. The summed E-state index contributed by atoms with van der Waals surface area (Å²) in [5.74, 6) is -0.370. The van der Waals surface area contributed by atoms with Gasteiger partial charge in [-0.05, 0) is 30.6 Å². The van der Waals surface area contributed by atoms with E-state index in [9.17, 15) is 9.59 Å². The number of hydrogen-bond donors (Lipinski definition) is 3. The van der Waals surface area contributed by atoms with Gasteiger partial charge in [0, 0.05) is 6.04 Å². The fraction of sp³-hybridized carbons (Fsp3) is 0.846. The van der Waals surface area contributed by atoms with Gasteiger partial charge in [-0.3, -0.25) is 0 Å². The van der Waals surface area contributed by atoms with Crippen LogP contribution in [-0.2, 0) is 4.79 Å². The van der Waals surface area contributed by atoms with E-state index in [1.54, 1.807) is 20.8 Å². The first-order chi connectivity index (χ1) is 8.20. The molecule has 2 amide bonds. The second-order valence-corrected chi connectivity index (χ2v) is 6.37. The van der Waals surface area contributed by atoms with E-state index >= 15 is 0 Å². The smallest absolute Gasteiger partial charge is 0.326 e. The summed E-state index contributed by atoms with van der Waals surface area (Å²) in [5, 5.41) is 14.5. The van der Waals surface area contributed by atoms with Gasteiger partial charge in [-0.1, -0.05) is 27.7 Å². The number of carboxylic acids is 1. The highest BCUT2D eigenvalue weighted by atomic mass is 16.4. The highest BCUT2D eigenvalue weighted by molar-refractivity contribution is 5.83. The normalized spacial score (nSPS) is 25.6. The minimum absolute atomic E-state index is 0.175. The standard InChI is InChI=1S/C13H24N2O3/c1-8-5-6-9(7-8)14-12(18)15-10(11(16)17)13(2,3)4/h8-10H,5-7H2,1-4H3,(H,16,17)(H2,14,15,18). The average molecular weight is 256 g/mol. The Bertz CT molecular complexity index is 323. The summed E-state index contributed by atoms with van der Waals surface area (Å²) in [6.07, 6.45) is 3.06. The maximum absolute atomic E-state index is 11.8. The maximum atomic E-state index is 11.8. The van der Waals surface area contributed by atoms with Crippen molar-refractivity contribution in [2.45, 2.75) is 59.0 Å². The van der Waals surface area contributed by atoms with Gasteiger partial charge in [0.2, 0.25) is 0 Å². The van der Waals surface area contributed by atoms with Crippen LogP contribution in [0.15, 0.2) is 0 Å². The van der Waals surface area contributed by atoms with Gasteiger partial charge in [0.05, 0.1) is 0 Å². The topological polar surface area (TPSA) is 78.4 Å². The van der Waals surface area contributed by atoms with Crippen molar-refractivity contribution in [3.63, 3.8) is 0 Å². The summed E-state index contributed by atoms with van der Waals surface area (Å²) in [4.78, 5) is 22.9. The highest BCUT2D eigenvalue weighted by Crippen LogP contribution is 2.24. The minimum Gasteiger partial charge on any atom is -0.480 e. The number of carbonyl (C=O) groups excluding carboxylic acids is 1. The lowest BCUT2D eigenvalue weighted by Gasteiger charge is -2.28. The van der Waals surface area contributed by atoms with Crippen LogP contribution in [0.3, 0.4) is 0 Å². The first-order valence-electron chi connectivity index (χ1n) is 6.50. The van der Waals surface area contributed by atoms with Crippen molar-refractivity contribution in [2.75, 3.05) is 0 Å².